The van der Waals surface area contributed by atoms with E-state index in [0.717, 1.165) is 11.1 Å². The Balaban J connectivity index is 1.97. The Hall–Kier alpha value is -2.50. The van der Waals surface area contributed by atoms with Crippen molar-refractivity contribution in [2.24, 2.45) is 11.8 Å². The molecule has 1 heterocycles. The lowest BCUT2D eigenvalue weighted by molar-refractivity contribution is -0.123. The van der Waals surface area contributed by atoms with E-state index in [1.165, 1.54) is 14.2 Å². The molecule has 0 spiro atoms. The van der Waals surface area contributed by atoms with Crippen molar-refractivity contribution in [3.8, 4) is 11.5 Å². The summed E-state index contributed by atoms with van der Waals surface area (Å²) in [5.41, 5.74) is 1.24. The predicted octanol–water partition coefficient (Wildman–Crippen LogP) is 2.43. The van der Waals surface area contributed by atoms with Crippen LogP contribution in [-0.4, -0.2) is 48.7 Å². The molecule has 2 bridgehead atoms. The standard InChI is InChI=1S/C20H23NO5/c1-11-15(22)6-5-13-14-10-12-4-7-16(25-2)18(23)17(12)20(11,13)8-9-21(14)19(24)26-3/h4-7,11,13-14,23H,8-10H2,1-3H3/t11-,13+,14-,20+/m1/s1. The Labute approximate surface area is 152 Å². The second kappa shape index (κ2) is 5.76. The van der Waals surface area contributed by atoms with E-state index in [1.807, 2.05) is 19.1 Å². The molecule has 6 nitrogen and oxygen atoms in total. The van der Waals surface area contributed by atoms with Crippen molar-refractivity contribution in [1.29, 1.82) is 0 Å². The van der Waals surface area contributed by atoms with Crippen LogP contribution in [0, 0.1) is 11.8 Å². The van der Waals surface area contributed by atoms with Crippen LogP contribution in [0.25, 0.3) is 0 Å². The van der Waals surface area contributed by atoms with E-state index in [2.05, 4.69) is 0 Å². The number of phenols is 1. The number of benzene rings is 1. The van der Waals surface area contributed by atoms with E-state index >= 15 is 0 Å². The monoisotopic (exact) mass is 357 g/mol. The SMILES string of the molecule is COC(=O)N1CC[C@@]23c4c(ccc(OC)c4O)C[C@@H]1[C@@H]2C=CC(=O)[C@H]3C. The Morgan fingerprint density at radius 1 is 1.35 bits per heavy atom. The lowest BCUT2D eigenvalue weighted by Gasteiger charge is -2.58. The third-order valence-corrected chi connectivity index (χ3v) is 6.59. The zero-order valence-electron chi connectivity index (χ0n) is 15.2. The molecule has 4 rings (SSSR count). The minimum absolute atomic E-state index is 0.0476. The second-order valence-corrected chi connectivity index (χ2v) is 7.38. The maximum atomic E-state index is 12.6. The maximum Gasteiger partial charge on any atom is 0.409 e. The molecule has 0 aromatic heterocycles. The van der Waals surface area contributed by atoms with E-state index in [-0.39, 0.29) is 35.5 Å². The normalized spacial score (nSPS) is 31.9. The molecule has 1 fully saturated rings. The molecule has 3 aliphatic rings. The molecule has 1 saturated heterocycles. The number of piperidine rings is 1. The van der Waals surface area contributed by atoms with Crippen molar-refractivity contribution in [3.63, 3.8) is 0 Å². The number of hydrogen-bond donors (Lipinski definition) is 1. The number of allylic oxidation sites excluding steroid dienone is 1. The number of nitrogens with zero attached hydrogens (tertiary/aromatic N) is 1. The van der Waals surface area contributed by atoms with Gasteiger partial charge >= 0.3 is 6.09 Å². The first-order valence-corrected chi connectivity index (χ1v) is 8.91. The molecule has 0 unspecified atom stereocenters. The third kappa shape index (κ3) is 1.98. The third-order valence-electron chi connectivity index (χ3n) is 6.59. The molecule has 1 N–H and O–H groups in total. The molecule has 138 valence electrons. The fourth-order valence-electron chi connectivity index (χ4n) is 5.36. The summed E-state index contributed by atoms with van der Waals surface area (Å²) in [5.74, 6) is 0.266. The van der Waals surface area contributed by atoms with Crippen molar-refractivity contribution in [2.45, 2.75) is 31.2 Å². The first-order chi connectivity index (χ1) is 12.5. The Bertz CT molecular complexity index is 817. The van der Waals surface area contributed by atoms with Gasteiger partial charge in [0.05, 0.1) is 14.2 Å². The van der Waals surface area contributed by atoms with Crippen molar-refractivity contribution < 1.29 is 24.2 Å². The smallest absolute Gasteiger partial charge is 0.409 e. The van der Waals surface area contributed by atoms with E-state index < -0.39 is 5.41 Å². The number of carbonyl (C=O) groups is 2. The van der Waals surface area contributed by atoms with Gasteiger partial charge in [0.1, 0.15) is 0 Å². The van der Waals surface area contributed by atoms with Crippen LogP contribution in [0.1, 0.15) is 24.5 Å². The largest absolute Gasteiger partial charge is 0.504 e. The van der Waals surface area contributed by atoms with Gasteiger partial charge in [-0.25, -0.2) is 4.79 Å². The van der Waals surface area contributed by atoms with Gasteiger partial charge in [-0.1, -0.05) is 19.1 Å². The molecule has 4 atom stereocenters. The number of ketones is 1. The predicted molar refractivity (Wildman–Crippen MR) is 94.4 cm³/mol. The summed E-state index contributed by atoms with van der Waals surface area (Å²) >= 11 is 0. The molecule has 0 radical (unpaired) electrons. The van der Waals surface area contributed by atoms with Gasteiger partial charge in [0.2, 0.25) is 0 Å². The molecule has 26 heavy (non-hydrogen) atoms. The summed E-state index contributed by atoms with van der Waals surface area (Å²) in [6.07, 6.45) is 4.41. The maximum absolute atomic E-state index is 12.6. The number of aromatic hydroxyl groups is 1. The summed E-state index contributed by atoms with van der Waals surface area (Å²) in [6, 6.07) is 3.59. The van der Waals surface area contributed by atoms with Crippen molar-refractivity contribution in [3.05, 3.63) is 35.4 Å². The highest BCUT2D eigenvalue weighted by Gasteiger charge is 2.59. The summed E-state index contributed by atoms with van der Waals surface area (Å²) in [6.45, 7) is 2.42. The molecular weight excluding hydrogens is 334 g/mol. The number of fused-ring (bicyclic) bond motifs is 1. The first-order valence-electron chi connectivity index (χ1n) is 8.91. The lowest BCUT2D eigenvalue weighted by atomic mass is 9.50. The van der Waals surface area contributed by atoms with E-state index in [9.17, 15) is 14.7 Å². The molecule has 1 aromatic rings. The fraction of sp³-hybridized carbons (Fsp3) is 0.500. The molecule has 1 aliphatic heterocycles. The van der Waals surface area contributed by atoms with Crippen LogP contribution in [-0.2, 0) is 21.4 Å². The van der Waals surface area contributed by atoms with Crippen LogP contribution in [0.2, 0.25) is 0 Å². The van der Waals surface area contributed by atoms with Crippen LogP contribution in [0.3, 0.4) is 0 Å². The number of ether oxygens (including phenoxy) is 2. The average Bonchev–Trinajstić information content (AvgIpc) is 2.64. The van der Waals surface area contributed by atoms with Gasteiger partial charge in [-0.15, -0.1) is 0 Å². The van der Waals surface area contributed by atoms with Crippen LogP contribution < -0.4 is 4.74 Å². The highest BCUT2D eigenvalue weighted by molar-refractivity contribution is 5.94. The lowest BCUT2D eigenvalue weighted by Crippen LogP contribution is -2.64. The molecule has 0 saturated carbocycles. The van der Waals surface area contributed by atoms with Gasteiger partial charge in [-0.2, -0.15) is 0 Å². The van der Waals surface area contributed by atoms with E-state index in [1.54, 1.807) is 17.0 Å². The van der Waals surface area contributed by atoms with Gasteiger partial charge in [0.25, 0.3) is 0 Å². The number of methoxy groups -OCH3 is 2. The number of likely N-dealkylation sites (tertiary alicyclic amines) is 1. The van der Waals surface area contributed by atoms with Crippen LogP contribution in [0.4, 0.5) is 4.79 Å². The van der Waals surface area contributed by atoms with Gasteiger partial charge < -0.3 is 19.5 Å². The van der Waals surface area contributed by atoms with Crippen molar-refractivity contribution in [1.82, 2.24) is 4.90 Å². The summed E-state index contributed by atoms with van der Waals surface area (Å²) in [7, 11) is 2.91. The van der Waals surface area contributed by atoms with Crippen molar-refractivity contribution in [2.75, 3.05) is 20.8 Å². The van der Waals surface area contributed by atoms with Gasteiger partial charge in [-0.3, -0.25) is 4.79 Å². The Kier molecular flexibility index (Phi) is 3.75. The Morgan fingerprint density at radius 3 is 2.81 bits per heavy atom. The Morgan fingerprint density at radius 2 is 2.12 bits per heavy atom. The number of hydrogen-bond acceptors (Lipinski definition) is 5. The minimum Gasteiger partial charge on any atom is -0.504 e. The van der Waals surface area contributed by atoms with Gasteiger partial charge in [-0.05, 0) is 30.5 Å². The highest BCUT2D eigenvalue weighted by atomic mass is 16.5. The topological polar surface area (TPSA) is 76.1 Å². The quantitative estimate of drug-likeness (QED) is 0.835. The van der Waals surface area contributed by atoms with Crippen LogP contribution in [0.15, 0.2) is 24.3 Å². The summed E-state index contributed by atoms with van der Waals surface area (Å²) < 4.78 is 10.3. The van der Waals surface area contributed by atoms with E-state index in [4.69, 9.17) is 9.47 Å². The highest BCUT2D eigenvalue weighted by Crippen LogP contribution is 2.59. The molecular formula is C20H23NO5. The van der Waals surface area contributed by atoms with E-state index in [0.29, 0.717) is 25.1 Å². The first kappa shape index (κ1) is 16.9. The van der Waals surface area contributed by atoms with Crippen LogP contribution in [0.5, 0.6) is 11.5 Å². The fourth-order valence-corrected chi connectivity index (χ4v) is 5.36. The van der Waals surface area contributed by atoms with Gasteiger partial charge in [0, 0.05) is 35.4 Å². The zero-order valence-corrected chi connectivity index (χ0v) is 15.2. The van der Waals surface area contributed by atoms with Crippen LogP contribution >= 0.6 is 0 Å². The van der Waals surface area contributed by atoms with Gasteiger partial charge in [0.15, 0.2) is 17.3 Å². The number of amides is 1. The zero-order chi connectivity index (χ0) is 18.6. The number of rotatable bonds is 1. The molecule has 1 amide bonds. The summed E-state index contributed by atoms with van der Waals surface area (Å²) in [4.78, 5) is 26.7. The molecule has 1 aromatic carbocycles. The summed E-state index contributed by atoms with van der Waals surface area (Å²) in [5, 5.41) is 10.9. The number of carbonyl (C=O) groups excluding carboxylic acids is 2. The molecule has 2 aliphatic carbocycles. The molecule has 6 heteroatoms. The minimum atomic E-state index is -0.534. The second-order valence-electron chi connectivity index (χ2n) is 7.38. The van der Waals surface area contributed by atoms with Crippen molar-refractivity contribution >= 4 is 11.9 Å². The average molecular weight is 357 g/mol. The number of phenolic OH excluding ortho intramolecular Hbond substituents is 1.